The van der Waals surface area contributed by atoms with Crippen molar-refractivity contribution in [1.29, 1.82) is 0 Å². The van der Waals surface area contributed by atoms with Gasteiger partial charge < -0.3 is 23.7 Å². The van der Waals surface area contributed by atoms with Crippen LogP contribution in [0.2, 0.25) is 0 Å². The first-order chi connectivity index (χ1) is 16.9. The summed E-state index contributed by atoms with van der Waals surface area (Å²) in [5.41, 5.74) is 1.51. The van der Waals surface area contributed by atoms with Gasteiger partial charge in [0, 0.05) is 27.0 Å². The number of hydrogen-bond donors (Lipinski definition) is 0. The van der Waals surface area contributed by atoms with Gasteiger partial charge in [0.15, 0.2) is 22.0 Å². The van der Waals surface area contributed by atoms with Crippen LogP contribution in [0, 0.1) is 0 Å². The lowest BCUT2D eigenvalue weighted by molar-refractivity contribution is -0.259. The molecule has 0 spiro atoms. The van der Waals surface area contributed by atoms with E-state index in [9.17, 15) is 22.8 Å². The predicted molar refractivity (Wildman–Crippen MR) is 126 cm³/mol. The molecule has 36 heavy (non-hydrogen) atoms. The van der Waals surface area contributed by atoms with E-state index >= 15 is 0 Å². The largest absolute Gasteiger partial charge is 0.461 e. The maximum atomic E-state index is 12.1. The van der Waals surface area contributed by atoms with Crippen molar-refractivity contribution in [1.82, 2.24) is 0 Å². The first-order valence-corrected chi connectivity index (χ1v) is 13.0. The van der Waals surface area contributed by atoms with Crippen molar-refractivity contribution in [2.24, 2.45) is 0 Å². The Morgan fingerprint density at radius 3 is 2.03 bits per heavy atom. The molecule has 0 saturated carbocycles. The Kier molecular flexibility index (Phi) is 8.70. The monoisotopic (exact) mass is 520 g/mol. The number of rotatable bonds is 8. The fraction of sp³-hybridized carbons (Fsp3) is 0.400. The van der Waals surface area contributed by atoms with E-state index in [1.807, 2.05) is 0 Å². The van der Waals surface area contributed by atoms with E-state index < -0.39 is 52.3 Å². The lowest BCUT2D eigenvalue weighted by atomic mass is 10.0. The van der Waals surface area contributed by atoms with Crippen LogP contribution in [-0.2, 0) is 49.6 Å². The molecule has 194 valence electrons. The van der Waals surface area contributed by atoms with Gasteiger partial charge in [-0.1, -0.05) is 30.3 Å². The molecule has 4 atom stereocenters. The molecule has 0 aromatic heterocycles. The molecule has 1 heterocycles. The van der Waals surface area contributed by atoms with Gasteiger partial charge in [-0.3, -0.25) is 14.4 Å². The second-order valence-corrected chi connectivity index (χ2v) is 10.3. The van der Waals surface area contributed by atoms with Gasteiger partial charge in [-0.2, -0.15) is 0 Å². The Morgan fingerprint density at radius 1 is 0.861 bits per heavy atom. The third-order valence-corrected chi connectivity index (χ3v) is 6.44. The minimum Gasteiger partial charge on any atom is -0.461 e. The SMILES string of the molecule is CC(=O)O[C@@H]1[C@@H](OC(C)=O)[C@H](Oc2ccc(Cc3ccccc3S(C)(=O)=O)cc2)OC[C@H]1OC(C)=O. The first-order valence-electron chi connectivity index (χ1n) is 11.1. The summed E-state index contributed by atoms with van der Waals surface area (Å²) >= 11 is 0. The number of hydrogen-bond acceptors (Lipinski definition) is 10. The summed E-state index contributed by atoms with van der Waals surface area (Å²) in [6, 6.07) is 13.6. The Hall–Kier alpha value is -3.44. The standard InChI is InChI=1S/C25H28O10S/c1-15(26)32-21-14-31-25(24(34-17(3)28)23(21)33-16(2)27)35-20-11-9-18(10-12-20)13-19-7-5-6-8-22(19)36(4,29)30/h5-12,21,23-25H,13-14H2,1-4H3/t21-,23+,24-,25+/m1/s1. The molecule has 10 nitrogen and oxygen atoms in total. The summed E-state index contributed by atoms with van der Waals surface area (Å²) in [5, 5.41) is 0. The van der Waals surface area contributed by atoms with E-state index in [0.29, 0.717) is 17.7 Å². The van der Waals surface area contributed by atoms with Crippen molar-refractivity contribution < 1.29 is 46.5 Å². The minimum atomic E-state index is -3.37. The molecule has 3 rings (SSSR count). The van der Waals surface area contributed by atoms with E-state index in [4.69, 9.17) is 23.7 Å². The average molecular weight is 521 g/mol. The quantitative estimate of drug-likeness (QED) is 0.377. The zero-order chi connectivity index (χ0) is 26.5. The highest BCUT2D eigenvalue weighted by Gasteiger charge is 2.48. The minimum absolute atomic E-state index is 0.152. The summed E-state index contributed by atoms with van der Waals surface area (Å²) in [5.74, 6) is -1.58. The molecular weight excluding hydrogens is 492 g/mol. The van der Waals surface area contributed by atoms with Crippen LogP contribution in [0.3, 0.4) is 0 Å². The van der Waals surface area contributed by atoms with E-state index in [1.54, 1.807) is 48.5 Å². The van der Waals surface area contributed by atoms with Gasteiger partial charge in [-0.15, -0.1) is 0 Å². The fourth-order valence-corrected chi connectivity index (χ4v) is 4.80. The number of benzene rings is 2. The summed E-state index contributed by atoms with van der Waals surface area (Å²) < 4.78 is 51.5. The van der Waals surface area contributed by atoms with Crippen LogP contribution in [-0.4, -0.2) is 63.8 Å². The fourth-order valence-electron chi connectivity index (χ4n) is 3.86. The van der Waals surface area contributed by atoms with Crippen molar-refractivity contribution in [2.45, 2.75) is 56.7 Å². The molecule has 0 N–H and O–H groups in total. The van der Waals surface area contributed by atoms with Crippen LogP contribution in [0.5, 0.6) is 5.75 Å². The third kappa shape index (κ3) is 7.28. The molecule has 1 aliphatic heterocycles. The molecular formula is C25H28O10S. The highest BCUT2D eigenvalue weighted by atomic mass is 32.2. The van der Waals surface area contributed by atoms with Crippen molar-refractivity contribution in [3.8, 4) is 5.75 Å². The van der Waals surface area contributed by atoms with Crippen LogP contribution in [0.4, 0.5) is 0 Å². The van der Waals surface area contributed by atoms with Crippen LogP contribution in [0.25, 0.3) is 0 Å². The molecule has 0 radical (unpaired) electrons. The van der Waals surface area contributed by atoms with Gasteiger partial charge >= 0.3 is 17.9 Å². The van der Waals surface area contributed by atoms with Crippen LogP contribution >= 0.6 is 0 Å². The van der Waals surface area contributed by atoms with Gasteiger partial charge in [0.1, 0.15) is 5.75 Å². The molecule has 0 amide bonds. The Bertz CT molecular complexity index is 1210. The lowest BCUT2D eigenvalue weighted by Crippen LogP contribution is -2.59. The highest BCUT2D eigenvalue weighted by molar-refractivity contribution is 7.90. The van der Waals surface area contributed by atoms with E-state index in [2.05, 4.69) is 0 Å². The van der Waals surface area contributed by atoms with Gasteiger partial charge in [0.25, 0.3) is 0 Å². The lowest BCUT2D eigenvalue weighted by Gasteiger charge is -2.40. The predicted octanol–water partition coefficient (Wildman–Crippen LogP) is 2.21. The molecule has 0 bridgehead atoms. The van der Waals surface area contributed by atoms with Crippen LogP contribution in [0.1, 0.15) is 31.9 Å². The summed E-state index contributed by atoms with van der Waals surface area (Å²) in [6.07, 6.45) is -2.93. The van der Waals surface area contributed by atoms with Gasteiger partial charge in [-0.05, 0) is 35.7 Å². The zero-order valence-corrected chi connectivity index (χ0v) is 21.1. The Morgan fingerprint density at radius 2 is 1.44 bits per heavy atom. The summed E-state index contributed by atoms with van der Waals surface area (Å²) in [6.45, 7) is 3.41. The van der Waals surface area contributed by atoms with Gasteiger partial charge in [0.2, 0.25) is 12.4 Å². The molecule has 1 aliphatic rings. The number of ether oxygens (including phenoxy) is 5. The average Bonchev–Trinajstić information content (AvgIpc) is 2.77. The third-order valence-electron chi connectivity index (χ3n) is 5.25. The first kappa shape index (κ1) is 27.2. The second-order valence-electron chi connectivity index (χ2n) is 8.32. The second kappa shape index (κ2) is 11.5. The molecule has 0 unspecified atom stereocenters. The van der Waals surface area contributed by atoms with Gasteiger partial charge in [-0.25, -0.2) is 8.42 Å². The maximum Gasteiger partial charge on any atom is 0.303 e. The number of carbonyl (C=O) groups is 3. The Balaban J connectivity index is 1.79. The number of esters is 3. The van der Waals surface area contributed by atoms with Crippen LogP contribution in [0.15, 0.2) is 53.4 Å². The molecule has 2 aromatic carbocycles. The molecule has 1 saturated heterocycles. The molecule has 2 aromatic rings. The summed E-state index contributed by atoms with van der Waals surface area (Å²) in [7, 11) is -3.37. The zero-order valence-electron chi connectivity index (χ0n) is 20.3. The van der Waals surface area contributed by atoms with Crippen molar-refractivity contribution in [3.05, 3.63) is 59.7 Å². The molecule has 0 aliphatic carbocycles. The number of carbonyl (C=O) groups excluding carboxylic acids is 3. The normalized spacial score (nSPS) is 21.8. The molecule has 11 heteroatoms. The van der Waals surface area contributed by atoms with E-state index in [1.165, 1.54) is 27.0 Å². The highest BCUT2D eigenvalue weighted by Crippen LogP contribution is 2.28. The van der Waals surface area contributed by atoms with E-state index in [0.717, 1.165) is 5.56 Å². The smallest absolute Gasteiger partial charge is 0.303 e. The van der Waals surface area contributed by atoms with Crippen molar-refractivity contribution >= 4 is 27.7 Å². The molecule has 1 fully saturated rings. The van der Waals surface area contributed by atoms with Crippen LogP contribution < -0.4 is 4.74 Å². The van der Waals surface area contributed by atoms with E-state index in [-0.39, 0.29) is 11.5 Å². The topological polar surface area (TPSA) is 132 Å². The maximum absolute atomic E-state index is 12.1. The summed E-state index contributed by atoms with van der Waals surface area (Å²) in [4.78, 5) is 35.2. The van der Waals surface area contributed by atoms with Crippen molar-refractivity contribution in [2.75, 3.05) is 12.9 Å². The Labute approximate surface area is 209 Å². The number of sulfone groups is 1. The van der Waals surface area contributed by atoms with Crippen molar-refractivity contribution in [3.63, 3.8) is 0 Å². The van der Waals surface area contributed by atoms with Gasteiger partial charge in [0.05, 0.1) is 11.5 Å².